The molecule has 108 valence electrons. The molecule has 0 spiro atoms. The molecule has 0 saturated carbocycles. The third kappa shape index (κ3) is 4.30. The number of nitrogens with zero attached hydrogens (tertiary/aromatic N) is 1. The smallest absolute Gasteiger partial charge is 0.131 e. The molecule has 2 rings (SSSR count). The van der Waals surface area contributed by atoms with E-state index in [9.17, 15) is 0 Å². The Bertz CT molecular complexity index is 531. The monoisotopic (exact) mass is 354 g/mol. The van der Waals surface area contributed by atoms with Crippen molar-refractivity contribution in [2.24, 2.45) is 0 Å². The number of thiazole rings is 1. The Kier molecular flexibility index (Phi) is 6.01. The normalized spacial score (nSPS) is 12.3. The van der Waals surface area contributed by atoms with Gasteiger partial charge in [0.05, 0.1) is 11.2 Å². The van der Waals surface area contributed by atoms with Crippen molar-refractivity contribution in [3.63, 3.8) is 0 Å². The Morgan fingerprint density at radius 3 is 3.00 bits per heavy atom. The van der Waals surface area contributed by atoms with Gasteiger partial charge in [0.15, 0.2) is 0 Å². The molecule has 1 unspecified atom stereocenters. The minimum absolute atomic E-state index is 0.272. The molecule has 1 N–H and O–H groups in total. The first-order valence-corrected chi connectivity index (χ1v) is 8.47. The van der Waals surface area contributed by atoms with E-state index >= 15 is 0 Å². The second kappa shape index (κ2) is 7.76. The van der Waals surface area contributed by atoms with Crippen molar-refractivity contribution in [1.29, 1.82) is 0 Å². The van der Waals surface area contributed by atoms with E-state index in [0.717, 1.165) is 28.9 Å². The first kappa shape index (κ1) is 15.5. The summed E-state index contributed by atoms with van der Waals surface area (Å²) in [5, 5.41) is 5.50. The number of hydrogen-bond donors (Lipinski definition) is 1. The van der Waals surface area contributed by atoms with Gasteiger partial charge in [0.25, 0.3) is 0 Å². The summed E-state index contributed by atoms with van der Waals surface area (Å²) in [5.74, 6) is 0.906. The van der Waals surface area contributed by atoms with Crippen LogP contribution in [0.3, 0.4) is 0 Å². The molecular formula is C15H19BrN2OS. The zero-order valence-electron chi connectivity index (χ0n) is 11.7. The van der Waals surface area contributed by atoms with Crippen LogP contribution in [0.2, 0.25) is 0 Å². The van der Waals surface area contributed by atoms with Gasteiger partial charge in [-0.3, -0.25) is 0 Å². The zero-order valence-corrected chi connectivity index (χ0v) is 14.1. The fraction of sp³-hybridized carbons (Fsp3) is 0.400. The van der Waals surface area contributed by atoms with Crippen molar-refractivity contribution in [2.75, 3.05) is 6.54 Å². The highest BCUT2D eigenvalue weighted by molar-refractivity contribution is 9.10. The van der Waals surface area contributed by atoms with Crippen LogP contribution in [0.5, 0.6) is 5.75 Å². The van der Waals surface area contributed by atoms with E-state index in [1.54, 1.807) is 11.3 Å². The van der Waals surface area contributed by atoms with Crippen LogP contribution in [0.25, 0.3) is 0 Å². The van der Waals surface area contributed by atoms with Gasteiger partial charge in [0, 0.05) is 21.5 Å². The number of halogens is 1. The maximum absolute atomic E-state index is 5.94. The van der Waals surface area contributed by atoms with Crippen LogP contribution in [0.1, 0.15) is 37.6 Å². The van der Waals surface area contributed by atoms with E-state index in [-0.39, 0.29) is 6.04 Å². The van der Waals surface area contributed by atoms with Gasteiger partial charge in [-0.05, 0) is 32.0 Å². The first-order valence-electron chi connectivity index (χ1n) is 6.73. The summed E-state index contributed by atoms with van der Waals surface area (Å²) in [4.78, 5) is 4.24. The molecule has 0 radical (unpaired) electrons. The lowest BCUT2D eigenvalue weighted by molar-refractivity contribution is 0.295. The lowest BCUT2D eigenvalue weighted by Gasteiger charge is -2.18. The lowest BCUT2D eigenvalue weighted by Crippen LogP contribution is -2.20. The van der Waals surface area contributed by atoms with Crippen LogP contribution < -0.4 is 10.1 Å². The average Bonchev–Trinajstić information content (AvgIpc) is 2.96. The molecule has 1 heterocycles. The van der Waals surface area contributed by atoms with Gasteiger partial charge in [0.2, 0.25) is 0 Å². The summed E-state index contributed by atoms with van der Waals surface area (Å²) in [6, 6.07) is 6.45. The topological polar surface area (TPSA) is 34.1 Å². The Morgan fingerprint density at radius 2 is 2.30 bits per heavy atom. The second-order valence-corrected chi connectivity index (χ2v) is 6.26. The SMILES string of the molecule is CCCNC(C)c1ccc(Br)cc1OCc1cscn1. The van der Waals surface area contributed by atoms with Crippen molar-refractivity contribution < 1.29 is 4.74 Å². The fourth-order valence-electron chi connectivity index (χ4n) is 1.92. The van der Waals surface area contributed by atoms with Gasteiger partial charge in [-0.2, -0.15) is 0 Å². The van der Waals surface area contributed by atoms with E-state index < -0.39 is 0 Å². The third-order valence-electron chi connectivity index (χ3n) is 3.00. The molecule has 1 aromatic heterocycles. The van der Waals surface area contributed by atoms with Gasteiger partial charge in [-0.1, -0.05) is 28.9 Å². The second-order valence-electron chi connectivity index (χ2n) is 4.63. The minimum atomic E-state index is 0.272. The number of benzene rings is 1. The van der Waals surface area contributed by atoms with Crippen LogP contribution >= 0.6 is 27.3 Å². The minimum Gasteiger partial charge on any atom is -0.487 e. The van der Waals surface area contributed by atoms with Crippen LogP contribution in [0.15, 0.2) is 33.6 Å². The van der Waals surface area contributed by atoms with Gasteiger partial charge < -0.3 is 10.1 Å². The first-order chi connectivity index (χ1) is 9.70. The average molecular weight is 355 g/mol. The fourth-order valence-corrected chi connectivity index (χ4v) is 2.81. The third-order valence-corrected chi connectivity index (χ3v) is 4.13. The molecule has 0 amide bonds. The molecule has 3 nitrogen and oxygen atoms in total. The van der Waals surface area contributed by atoms with E-state index in [1.165, 1.54) is 5.56 Å². The Morgan fingerprint density at radius 1 is 1.45 bits per heavy atom. The summed E-state index contributed by atoms with van der Waals surface area (Å²) in [6.45, 7) is 5.84. The maximum Gasteiger partial charge on any atom is 0.131 e. The van der Waals surface area contributed by atoms with E-state index in [1.807, 2.05) is 17.0 Å². The molecule has 5 heteroatoms. The summed E-state index contributed by atoms with van der Waals surface area (Å²) in [7, 11) is 0. The number of aromatic nitrogens is 1. The molecule has 2 aromatic rings. The molecular weight excluding hydrogens is 336 g/mol. The van der Waals surface area contributed by atoms with Crippen LogP contribution in [0, 0.1) is 0 Å². The Hall–Kier alpha value is -0.910. The summed E-state index contributed by atoms with van der Waals surface area (Å²) in [5.41, 5.74) is 3.97. The predicted octanol–water partition coefficient (Wildman–Crippen LogP) is 4.55. The lowest BCUT2D eigenvalue weighted by atomic mass is 10.1. The highest BCUT2D eigenvalue weighted by Gasteiger charge is 2.12. The molecule has 1 aromatic carbocycles. The van der Waals surface area contributed by atoms with E-state index in [0.29, 0.717) is 6.61 Å². The standard InChI is InChI=1S/C15H19BrN2OS/c1-3-6-17-11(2)14-5-4-12(16)7-15(14)19-8-13-9-20-10-18-13/h4-5,7,9-11,17H,3,6,8H2,1-2H3. The largest absolute Gasteiger partial charge is 0.487 e. The summed E-state index contributed by atoms with van der Waals surface area (Å²) < 4.78 is 6.96. The Balaban J connectivity index is 2.10. The highest BCUT2D eigenvalue weighted by atomic mass is 79.9. The number of ether oxygens (including phenoxy) is 1. The van der Waals surface area contributed by atoms with Crippen molar-refractivity contribution in [2.45, 2.75) is 32.9 Å². The zero-order chi connectivity index (χ0) is 14.4. The summed E-state index contributed by atoms with van der Waals surface area (Å²) in [6.07, 6.45) is 1.12. The number of rotatable bonds is 7. The van der Waals surface area contributed by atoms with Crippen molar-refractivity contribution in [3.05, 3.63) is 44.8 Å². The summed E-state index contributed by atoms with van der Waals surface area (Å²) >= 11 is 5.09. The molecule has 20 heavy (non-hydrogen) atoms. The molecule has 0 fully saturated rings. The van der Waals surface area contributed by atoms with E-state index in [2.05, 4.69) is 52.2 Å². The number of hydrogen-bond acceptors (Lipinski definition) is 4. The van der Waals surface area contributed by atoms with Gasteiger partial charge in [0.1, 0.15) is 12.4 Å². The Labute approximate surface area is 132 Å². The molecule has 0 aliphatic rings. The van der Waals surface area contributed by atoms with Crippen molar-refractivity contribution in [1.82, 2.24) is 10.3 Å². The van der Waals surface area contributed by atoms with Gasteiger partial charge in [-0.15, -0.1) is 11.3 Å². The molecule has 0 saturated heterocycles. The van der Waals surface area contributed by atoms with Crippen LogP contribution in [0.4, 0.5) is 0 Å². The van der Waals surface area contributed by atoms with Crippen LogP contribution in [-0.4, -0.2) is 11.5 Å². The highest BCUT2D eigenvalue weighted by Crippen LogP contribution is 2.29. The van der Waals surface area contributed by atoms with E-state index in [4.69, 9.17) is 4.74 Å². The number of nitrogens with one attached hydrogen (secondary N) is 1. The van der Waals surface area contributed by atoms with Crippen LogP contribution in [-0.2, 0) is 6.61 Å². The molecule has 0 aliphatic carbocycles. The maximum atomic E-state index is 5.94. The van der Waals surface area contributed by atoms with Gasteiger partial charge in [-0.25, -0.2) is 4.98 Å². The van der Waals surface area contributed by atoms with Crippen molar-refractivity contribution in [3.8, 4) is 5.75 Å². The quantitative estimate of drug-likeness (QED) is 0.792. The molecule has 0 aliphatic heterocycles. The molecule has 0 bridgehead atoms. The molecule has 1 atom stereocenters. The van der Waals surface area contributed by atoms with Crippen molar-refractivity contribution >= 4 is 27.3 Å². The van der Waals surface area contributed by atoms with Gasteiger partial charge >= 0.3 is 0 Å². The predicted molar refractivity (Wildman–Crippen MR) is 87.3 cm³/mol.